The van der Waals surface area contributed by atoms with Crippen molar-refractivity contribution in [3.8, 4) is 0 Å². The Morgan fingerprint density at radius 2 is 1.71 bits per heavy atom. The molecule has 1 aromatic rings. The summed E-state index contributed by atoms with van der Waals surface area (Å²) in [5, 5.41) is 0. The third-order valence-electron chi connectivity index (χ3n) is 1.71. The lowest BCUT2D eigenvalue weighted by molar-refractivity contribution is -0.0881. The van der Waals surface area contributed by atoms with Gasteiger partial charge in [0, 0.05) is 0 Å². The molecule has 0 aliphatic carbocycles. The van der Waals surface area contributed by atoms with E-state index < -0.39 is 13.8 Å². The fourth-order valence-electron chi connectivity index (χ4n) is 0.977. The number of hydrogen-bond acceptors (Lipinski definition) is 3. The summed E-state index contributed by atoms with van der Waals surface area (Å²) in [5.74, 6) is 0. The van der Waals surface area contributed by atoms with Crippen LogP contribution in [-0.4, -0.2) is 0 Å². The summed E-state index contributed by atoms with van der Waals surface area (Å²) in [5.41, 5.74) is 1.47. The summed E-state index contributed by atoms with van der Waals surface area (Å²) in [4.78, 5) is 0. The van der Waals surface area contributed by atoms with E-state index in [1.807, 2.05) is 6.92 Å². The van der Waals surface area contributed by atoms with Gasteiger partial charge in [0.1, 0.15) is 0 Å². The van der Waals surface area contributed by atoms with E-state index in [-0.39, 0.29) is 0 Å². The van der Waals surface area contributed by atoms with Gasteiger partial charge in [-0.05, 0) is 21.5 Å². The maximum absolute atomic E-state index is 11.7. The quantitative estimate of drug-likeness (QED) is 0.731. The molecule has 1 rings (SSSR count). The Kier molecular flexibility index (Phi) is 3.75. The van der Waals surface area contributed by atoms with E-state index in [0.717, 1.165) is 5.56 Å². The summed E-state index contributed by atoms with van der Waals surface area (Å²) in [6, 6.07) is 6.66. The highest BCUT2D eigenvalue weighted by molar-refractivity contribution is 7.52. The van der Waals surface area contributed by atoms with Gasteiger partial charge in [-0.25, -0.2) is 0 Å². The molecule has 0 radical (unpaired) electrons. The van der Waals surface area contributed by atoms with Crippen LogP contribution in [0.3, 0.4) is 0 Å². The Morgan fingerprint density at radius 3 is 2.14 bits per heavy atom. The number of aryl methyl sites for hydroxylation is 1. The van der Waals surface area contributed by atoms with E-state index >= 15 is 0 Å². The average Bonchev–Trinajstić information content (AvgIpc) is 2.21. The maximum atomic E-state index is 11.7. The minimum atomic E-state index is -4.25. The van der Waals surface area contributed by atoms with Crippen molar-refractivity contribution in [2.45, 2.75) is 13.1 Å². The normalized spacial score (nSPS) is 11.6. The van der Waals surface area contributed by atoms with Crippen molar-refractivity contribution in [2.24, 2.45) is 0 Å². The molecule has 0 fully saturated rings. The highest BCUT2D eigenvalue weighted by atomic mass is 31.2. The Hall–Kier alpha value is -0.770. The molecule has 0 unspecified atom stereocenters. The molecule has 0 atom stereocenters. The summed E-state index contributed by atoms with van der Waals surface area (Å²) < 4.78 is 40.3. The predicted molar refractivity (Wildman–Crippen MR) is 46.9 cm³/mol. The van der Waals surface area contributed by atoms with Crippen LogP contribution in [0, 0.1) is 6.92 Å². The van der Waals surface area contributed by atoms with Gasteiger partial charge in [0.25, 0.3) is 0 Å². The largest absolute Gasteiger partial charge is 0.399 e. The maximum Gasteiger partial charge on any atom is 0.399 e. The van der Waals surface area contributed by atoms with Gasteiger partial charge >= 0.3 is 7.60 Å². The molecular weight excluding hydrogens is 213 g/mol. The Labute approximate surface area is 80.0 Å². The van der Waals surface area contributed by atoms with Gasteiger partial charge in [0.15, 0.2) is 0 Å². The zero-order valence-corrected chi connectivity index (χ0v) is 8.34. The van der Waals surface area contributed by atoms with Crippen molar-refractivity contribution >= 4 is 7.60 Å². The first kappa shape index (κ1) is 11.3. The molecule has 6 heteroatoms. The van der Waals surface area contributed by atoms with E-state index in [1.54, 1.807) is 24.3 Å². The first-order valence-corrected chi connectivity index (χ1v) is 5.58. The second-order valence-electron chi connectivity index (χ2n) is 2.89. The van der Waals surface area contributed by atoms with Gasteiger partial charge < -0.3 is 0 Å². The summed E-state index contributed by atoms with van der Waals surface area (Å²) in [6.07, 6.45) is -0.430. The van der Waals surface area contributed by atoms with Gasteiger partial charge in [0.05, 0.1) is 6.16 Å². The standard InChI is InChI=1S/C8H9F2O3P/c1-7-2-4-8(5-3-7)6-14(11,12-9)13-10/h2-5H,6H2,1H3. The van der Waals surface area contributed by atoms with Crippen molar-refractivity contribution < 1.29 is 23.1 Å². The number of benzene rings is 1. The second kappa shape index (κ2) is 4.64. The minimum Gasteiger partial charge on any atom is -0.254 e. The van der Waals surface area contributed by atoms with E-state index in [0.29, 0.717) is 5.56 Å². The van der Waals surface area contributed by atoms with Gasteiger partial charge in [-0.15, -0.1) is 9.46 Å². The van der Waals surface area contributed by atoms with Crippen LogP contribution in [0.5, 0.6) is 0 Å². The van der Waals surface area contributed by atoms with Crippen molar-refractivity contribution in [2.75, 3.05) is 0 Å². The lowest BCUT2D eigenvalue weighted by Gasteiger charge is -2.06. The van der Waals surface area contributed by atoms with Gasteiger partial charge in [-0.3, -0.25) is 4.57 Å². The lowest BCUT2D eigenvalue weighted by atomic mass is 10.2. The predicted octanol–water partition coefficient (Wildman–Crippen LogP) is 3.49. The third kappa shape index (κ3) is 2.87. The summed E-state index contributed by atoms with van der Waals surface area (Å²) in [6.45, 7) is 1.86. The van der Waals surface area contributed by atoms with Crippen LogP contribution in [0.25, 0.3) is 0 Å². The molecule has 0 aliphatic rings. The fourth-order valence-corrected chi connectivity index (χ4v) is 1.75. The van der Waals surface area contributed by atoms with Crippen LogP contribution in [0.15, 0.2) is 24.3 Å². The molecule has 1 aromatic carbocycles. The first-order valence-electron chi connectivity index (χ1n) is 3.85. The molecule has 0 saturated carbocycles. The average molecular weight is 222 g/mol. The number of rotatable bonds is 4. The second-order valence-corrected chi connectivity index (χ2v) is 4.71. The van der Waals surface area contributed by atoms with Gasteiger partial charge in [-0.1, -0.05) is 29.8 Å². The SMILES string of the molecule is Cc1ccc(CP(=O)(OF)OF)cc1. The summed E-state index contributed by atoms with van der Waals surface area (Å²) in [7, 11) is -4.25. The van der Waals surface area contributed by atoms with Crippen molar-refractivity contribution in [3.63, 3.8) is 0 Å². The van der Waals surface area contributed by atoms with Gasteiger partial charge in [-0.2, -0.15) is 0 Å². The van der Waals surface area contributed by atoms with Crippen LogP contribution < -0.4 is 0 Å². The molecule has 0 bridgehead atoms. The van der Waals surface area contributed by atoms with Crippen molar-refractivity contribution in [1.82, 2.24) is 0 Å². The topological polar surface area (TPSA) is 35.5 Å². The fraction of sp³-hybridized carbons (Fsp3) is 0.250. The Balaban J connectivity index is 2.78. The van der Waals surface area contributed by atoms with Crippen LogP contribution in [-0.2, 0) is 20.2 Å². The van der Waals surface area contributed by atoms with E-state index in [1.165, 1.54) is 0 Å². The van der Waals surface area contributed by atoms with Crippen molar-refractivity contribution in [3.05, 3.63) is 35.4 Å². The number of hydrogen-bond donors (Lipinski definition) is 0. The molecule has 0 N–H and O–H groups in total. The molecule has 14 heavy (non-hydrogen) atoms. The van der Waals surface area contributed by atoms with E-state index in [9.17, 15) is 13.6 Å². The van der Waals surface area contributed by atoms with E-state index in [4.69, 9.17) is 0 Å². The van der Waals surface area contributed by atoms with Crippen LogP contribution >= 0.6 is 7.60 Å². The van der Waals surface area contributed by atoms with E-state index in [2.05, 4.69) is 9.46 Å². The Morgan fingerprint density at radius 1 is 1.21 bits per heavy atom. The molecule has 78 valence electrons. The molecule has 0 heterocycles. The monoisotopic (exact) mass is 222 g/mol. The molecular formula is C8H9F2O3P. The molecule has 3 nitrogen and oxygen atoms in total. The zero-order valence-electron chi connectivity index (χ0n) is 7.44. The molecule has 0 aromatic heterocycles. The molecule has 0 aliphatic heterocycles. The number of halogens is 2. The third-order valence-corrected chi connectivity index (χ3v) is 2.88. The summed E-state index contributed by atoms with van der Waals surface area (Å²) >= 11 is 0. The minimum absolute atomic E-state index is 0.430. The lowest BCUT2D eigenvalue weighted by Crippen LogP contribution is -1.89. The Bertz CT molecular complexity index is 331. The van der Waals surface area contributed by atoms with Crippen molar-refractivity contribution in [1.29, 1.82) is 0 Å². The smallest absolute Gasteiger partial charge is 0.254 e. The highest BCUT2D eigenvalue weighted by Gasteiger charge is 2.27. The zero-order chi connectivity index (χ0) is 10.6. The van der Waals surface area contributed by atoms with Crippen LogP contribution in [0.2, 0.25) is 0 Å². The van der Waals surface area contributed by atoms with Crippen LogP contribution in [0.4, 0.5) is 9.05 Å². The van der Waals surface area contributed by atoms with Crippen LogP contribution in [0.1, 0.15) is 11.1 Å². The first-order chi connectivity index (χ1) is 6.59. The molecule has 0 spiro atoms. The molecule has 0 saturated heterocycles. The highest BCUT2D eigenvalue weighted by Crippen LogP contribution is 2.52. The van der Waals surface area contributed by atoms with Gasteiger partial charge in [0.2, 0.25) is 0 Å². The molecule has 0 amide bonds.